The van der Waals surface area contributed by atoms with Gasteiger partial charge in [-0.3, -0.25) is 0 Å². The Labute approximate surface area is 230 Å². The van der Waals surface area contributed by atoms with Gasteiger partial charge in [0.05, 0.1) is 29.9 Å². The van der Waals surface area contributed by atoms with Gasteiger partial charge in [-0.2, -0.15) is 0 Å². The van der Waals surface area contributed by atoms with Gasteiger partial charge in [-0.25, -0.2) is 14.4 Å². The molecule has 1 saturated carbocycles. The summed E-state index contributed by atoms with van der Waals surface area (Å²) in [7, 11) is 1.61. The number of fused-ring (bicyclic) bond motifs is 2. The molecule has 1 unspecified atom stereocenters. The standard InChI is InChI=1S/C26H29BrClFN4O2.ClH/c1-14(2)33-10-16-6-15(7-17(16)11-33)12-35-23-9-21-18(8-22(23)34-3)26(31-13-30-21)32-20-5-4-19(27)24(28)25(20)29;/h4-5,8-9,13-17H,6-7,10-12H2,1-3H3,(H,30,31,32);1H/t15?,16-,17+;. The lowest BCUT2D eigenvalue weighted by atomic mass is 10.0. The summed E-state index contributed by atoms with van der Waals surface area (Å²) in [6.45, 7) is 7.63. The molecule has 6 nitrogen and oxygen atoms in total. The molecule has 2 aromatic carbocycles. The molecule has 10 heteroatoms. The van der Waals surface area contributed by atoms with E-state index in [0.29, 0.717) is 51.3 Å². The second-order valence-corrected chi connectivity index (χ2v) is 11.0. The first kappa shape index (κ1) is 27.2. The van der Waals surface area contributed by atoms with Crippen LogP contribution in [0.15, 0.2) is 35.1 Å². The van der Waals surface area contributed by atoms with Gasteiger partial charge in [-0.15, -0.1) is 12.4 Å². The molecule has 1 N–H and O–H groups in total. The molecule has 0 amide bonds. The van der Waals surface area contributed by atoms with E-state index in [4.69, 9.17) is 21.1 Å². The number of rotatable bonds is 7. The molecular weight excluding hydrogens is 570 g/mol. The third-order valence-electron chi connectivity index (χ3n) is 7.29. The van der Waals surface area contributed by atoms with Gasteiger partial charge in [-0.05, 0) is 78.6 Å². The number of methoxy groups -OCH3 is 1. The van der Waals surface area contributed by atoms with E-state index in [-0.39, 0.29) is 23.1 Å². The van der Waals surface area contributed by atoms with E-state index in [9.17, 15) is 4.39 Å². The molecule has 0 radical (unpaired) electrons. The van der Waals surface area contributed by atoms with Crippen LogP contribution in [0.5, 0.6) is 11.5 Å². The van der Waals surface area contributed by atoms with Crippen molar-refractivity contribution in [1.29, 1.82) is 0 Å². The maximum atomic E-state index is 14.6. The Morgan fingerprint density at radius 3 is 2.56 bits per heavy atom. The molecule has 3 aromatic rings. The fourth-order valence-electron chi connectivity index (χ4n) is 5.41. The largest absolute Gasteiger partial charge is 0.493 e. The predicted octanol–water partition coefficient (Wildman–Crippen LogP) is 7.10. The lowest BCUT2D eigenvalue weighted by Crippen LogP contribution is -2.29. The van der Waals surface area contributed by atoms with Gasteiger partial charge in [0.2, 0.25) is 0 Å². The fraction of sp³-hybridized carbons (Fsp3) is 0.462. The Bertz CT molecular complexity index is 1230. The summed E-state index contributed by atoms with van der Waals surface area (Å²) < 4.78 is 27.0. The van der Waals surface area contributed by atoms with Crippen molar-refractivity contribution in [1.82, 2.24) is 14.9 Å². The Morgan fingerprint density at radius 2 is 1.89 bits per heavy atom. The number of ether oxygens (including phenoxy) is 2. The number of halogens is 4. The molecule has 1 aliphatic carbocycles. The van der Waals surface area contributed by atoms with E-state index < -0.39 is 5.82 Å². The van der Waals surface area contributed by atoms with E-state index in [1.807, 2.05) is 12.1 Å². The molecule has 36 heavy (non-hydrogen) atoms. The summed E-state index contributed by atoms with van der Waals surface area (Å²) in [6.07, 6.45) is 3.86. The van der Waals surface area contributed by atoms with Crippen LogP contribution in [0, 0.1) is 23.6 Å². The zero-order valence-corrected chi connectivity index (χ0v) is 23.6. The molecule has 3 atom stereocenters. The molecule has 2 heterocycles. The number of hydrogen-bond acceptors (Lipinski definition) is 6. The molecule has 2 fully saturated rings. The van der Waals surface area contributed by atoms with E-state index >= 15 is 0 Å². The number of likely N-dealkylation sites (tertiary alicyclic amines) is 1. The minimum absolute atomic E-state index is 0. The van der Waals surface area contributed by atoms with Crippen LogP contribution in [0.4, 0.5) is 15.9 Å². The second-order valence-electron chi connectivity index (χ2n) is 9.81. The summed E-state index contributed by atoms with van der Waals surface area (Å²) in [4.78, 5) is 11.3. The minimum Gasteiger partial charge on any atom is -0.493 e. The van der Waals surface area contributed by atoms with Crippen LogP contribution in [-0.2, 0) is 0 Å². The SMILES string of the molecule is COc1cc2c(Nc3ccc(Br)c(Cl)c3F)ncnc2cc1OCC1C[C@@H]2CN(C(C)C)C[C@@H]2C1.Cl. The van der Waals surface area contributed by atoms with Gasteiger partial charge in [0.25, 0.3) is 0 Å². The zero-order valence-electron chi connectivity index (χ0n) is 20.4. The smallest absolute Gasteiger partial charge is 0.166 e. The van der Waals surface area contributed by atoms with Crippen LogP contribution in [0.3, 0.4) is 0 Å². The van der Waals surface area contributed by atoms with Gasteiger partial charge in [0.15, 0.2) is 17.3 Å². The Balaban J connectivity index is 0.00000304. The average molecular weight is 600 g/mol. The summed E-state index contributed by atoms with van der Waals surface area (Å²) >= 11 is 9.28. The van der Waals surface area contributed by atoms with Crippen molar-refractivity contribution < 1.29 is 13.9 Å². The highest BCUT2D eigenvalue weighted by molar-refractivity contribution is 9.10. The number of aromatic nitrogens is 2. The zero-order chi connectivity index (χ0) is 24.7. The van der Waals surface area contributed by atoms with Gasteiger partial charge in [0.1, 0.15) is 12.1 Å². The fourth-order valence-corrected chi connectivity index (χ4v) is 5.88. The predicted molar refractivity (Wildman–Crippen MR) is 148 cm³/mol. The van der Waals surface area contributed by atoms with Crippen LogP contribution in [0.1, 0.15) is 26.7 Å². The average Bonchev–Trinajstić information content (AvgIpc) is 3.42. The second kappa shape index (κ2) is 11.3. The third-order valence-corrected chi connectivity index (χ3v) is 8.55. The van der Waals surface area contributed by atoms with Gasteiger partial charge in [-0.1, -0.05) is 11.6 Å². The summed E-state index contributed by atoms with van der Waals surface area (Å²) in [5.41, 5.74) is 0.901. The highest BCUT2D eigenvalue weighted by Crippen LogP contribution is 2.43. The minimum atomic E-state index is -0.558. The number of hydrogen-bond donors (Lipinski definition) is 1. The summed E-state index contributed by atoms with van der Waals surface area (Å²) in [5, 5.41) is 3.74. The van der Waals surface area contributed by atoms with Gasteiger partial charge >= 0.3 is 0 Å². The van der Waals surface area contributed by atoms with Crippen LogP contribution in [0.25, 0.3) is 10.9 Å². The molecule has 1 aromatic heterocycles. The Hall–Kier alpha value is -1.87. The molecule has 0 bridgehead atoms. The molecular formula is C26H30BrCl2FN4O2. The maximum absolute atomic E-state index is 14.6. The highest BCUT2D eigenvalue weighted by Gasteiger charge is 2.41. The van der Waals surface area contributed by atoms with Gasteiger partial charge in [0, 0.05) is 35.1 Å². The van der Waals surface area contributed by atoms with Crippen molar-refractivity contribution in [3.8, 4) is 11.5 Å². The van der Waals surface area contributed by atoms with Crippen LogP contribution in [0.2, 0.25) is 5.02 Å². The molecule has 194 valence electrons. The first-order valence-electron chi connectivity index (χ1n) is 11.9. The first-order chi connectivity index (χ1) is 16.8. The van der Waals surface area contributed by atoms with Crippen molar-refractivity contribution >= 4 is 62.3 Å². The summed E-state index contributed by atoms with van der Waals surface area (Å²) in [5.74, 6) is 3.24. The Morgan fingerprint density at radius 1 is 1.17 bits per heavy atom. The van der Waals surface area contributed by atoms with E-state index in [1.165, 1.54) is 32.3 Å². The number of anilines is 2. The molecule has 0 spiro atoms. The van der Waals surface area contributed by atoms with E-state index in [2.05, 4.69) is 50.0 Å². The lowest BCUT2D eigenvalue weighted by Gasteiger charge is -2.22. The third kappa shape index (κ3) is 5.37. The first-order valence-corrected chi connectivity index (χ1v) is 13.1. The van der Waals surface area contributed by atoms with Gasteiger partial charge < -0.3 is 19.7 Å². The monoisotopic (exact) mass is 598 g/mol. The molecule has 1 saturated heterocycles. The number of nitrogens with one attached hydrogen (secondary N) is 1. The Kier molecular flexibility index (Phi) is 8.49. The highest BCUT2D eigenvalue weighted by atomic mass is 79.9. The van der Waals surface area contributed by atoms with E-state index in [1.54, 1.807) is 19.2 Å². The quantitative estimate of drug-likeness (QED) is 0.292. The molecule has 2 aliphatic rings. The van der Waals surface area contributed by atoms with Crippen molar-refractivity contribution in [3.63, 3.8) is 0 Å². The van der Waals surface area contributed by atoms with Crippen molar-refractivity contribution in [2.24, 2.45) is 17.8 Å². The van der Waals surface area contributed by atoms with Crippen molar-refractivity contribution in [2.75, 3.05) is 32.1 Å². The van der Waals surface area contributed by atoms with Crippen LogP contribution < -0.4 is 14.8 Å². The topological polar surface area (TPSA) is 59.5 Å². The van der Waals surface area contributed by atoms with Crippen LogP contribution >= 0.6 is 39.9 Å². The lowest BCUT2D eigenvalue weighted by molar-refractivity contribution is 0.209. The number of benzene rings is 2. The van der Waals surface area contributed by atoms with Crippen molar-refractivity contribution in [3.05, 3.63) is 45.9 Å². The normalized spacial score (nSPS) is 21.5. The summed E-state index contributed by atoms with van der Waals surface area (Å²) in [6, 6.07) is 7.60. The molecule has 5 rings (SSSR count). The maximum Gasteiger partial charge on any atom is 0.166 e. The van der Waals surface area contributed by atoms with E-state index in [0.717, 1.165) is 11.8 Å². The van der Waals surface area contributed by atoms with Crippen LogP contribution in [-0.4, -0.2) is 47.7 Å². The molecule has 1 aliphatic heterocycles. The van der Waals surface area contributed by atoms with Crippen molar-refractivity contribution in [2.45, 2.75) is 32.7 Å². The number of nitrogens with zero attached hydrogens (tertiary/aromatic N) is 3.